The summed E-state index contributed by atoms with van der Waals surface area (Å²) in [7, 11) is 3.34. The molecule has 0 unspecified atom stereocenters. The van der Waals surface area contributed by atoms with Crippen molar-refractivity contribution in [3.05, 3.63) is 64.8 Å². The number of hydrogen-bond acceptors (Lipinski definition) is 4. The van der Waals surface area contributed by atoms with Gasteiger partial charge in [0.05, 0.1) is 5.56 Å². The van der Waals surface area contributed by atoms with Gasteiger partial charge in [0, 0.05) is 41.9 Å². The van der Waals surface area contributed by atoms with E-state index < -0.39 is 18.5 Å². The average molecular weight is 393 g/mol. The van der Waals surface area contributed by atoms with Gasteiger partial charge in [0.2, 0.25) is 0 Å². The van der Waals surface area contributed by atoms with Crippen LogP contribution in [-0.2, 0) is 9.53 Å². The van der Waals surface area contributed by atoms with Crippen LogP contribution < -0.4 is 5.32 Å². The van der Waals surface area contributed by atoms with Crippen LogP contribution in [0.5, 0.6) is 0 Å². The summed E-state index contributed by atoms with van der Waals surface area (Å²) >= 11 is 0. The molecular weight excluding hydrogens is 370 g/mol. The van der Waals surface area contributed by atoms with Crippen LogP contribution in [0.3, 0.4) is 0 Å². The fourth-order valence-electron chi connectivity index (χ4n) is 2.95. The summed E-state index contributed by atoms with van der Waals surface area (Å²) < 4.78 is 5.13. The van der Waals surface area contributed by atoms with E-state index in [2.05, 4.69) is 10.3 Å². The molecule has 1 heterocycles. The molecule has 0 bridgehead atoms. The minimum absolute atomic E-state index is 0.123. The Bertz CT molecular complexity index is 1080. The van der Waals surface area contributed by atoms with Gasteiger partial charge in [-0.3, -0.25) is 9.59 Å². The number of carbonyl (C=O) groups is 3. The molecule has 0 aliphatic heterocycles. The van der Waals surface area contributed by atoms with Crippen molar-refractivity contribution in [2.24, 2.45) is 0 Å². The molecule has 0 aliphatic rings. The van der Waals surface area contributed by atoms with Gasteiger partial charge in [-0.1, -0.05) is 0 Å². The number of hydrogen-bond donors (Lipinski definition) is 2. The van der Waals surface area contributed by atoms with Crippen molar-refractivity contribution < 1.29 is 19.1 Å². The van der Waals surface area contributed by atoms with E-state index in [0.29, 0.717) is 16.8 Å². The minimum Gasteiger partial charge on any atom is -0.452 e. The Labute approximate surface area is 168 Å². The van der Waals surface area contributed by atoms with Gasteiger partial charge in [-0.15, -0.1) is 0 Å². The van der Waals surface area contributed by atoms with Crippen LogP contribution in [0.2, 0.25) is 0 Å². The maximum atomic E-state index is 12.3. The second-order valence-electron chi connectivity index (χ2n) is 7.04. The molecule has 2 amide bonds. The highest BCUT2D eigenvalue weighted by molar-refractivity contribution is 5.99. The average Bonchev–Trinajstić information content (AvgIpc) is 2.99. The largest absolute Gasteiger partial charge is 0.452 e. The molecule has 0 saturated heterocycles. The monoisotopic (exact) mass is 393 g/mol. The van der Waals surface area contributed by atoms with E-state index in [4.69, 9.17) is 4.74 Å². The Morgan fingerprint density at radius 3 is 2.31 bits per heavy atom. The number of amides is 2. The van der Waals surface area contributed by atoms with Gasteiger partial charge in [-0.2, -0.15) is 0 Å². The standard InChI is InChI=1S/C22H23N3O4/c1-13-14(2)23-19-10-7-16(11-18(13)19)22(28)29-12-20(26)24-17-8-5-15(6-9-17)21(27)25(3)4/h5-11,23H,12H2,1-4H3,(H,24,26). The van der Waals surface area contributed by atoms with Crippen molar-refractivity contribution in [2.45, 2.75) is 13.8 Å². The minimum atomic E-state index is -0.563. The Balaban J connectivity index is 1.58. The first-order chi connectivity index (χ1) is 13.8. The molecular formula is C22H23N3O4. The first kappa shape index (κ1) is 20.1. The highest BCUT2D eigenvalue weighted by atomic mass is 16.5. The zero-order valence-corrected chi connectivity index (χ0v) is 16.8. The number of benzene rings is 2. The number of carbonyl (C=O) groups excluding carboxylic acids is 3. The maximum absolute atomic E-state index is 12.3. The lowest BCUT2D eigenvalue weighted by Gasteiger charge is -2.11. The quantitative estimate of drug-likeness (QED) is 0.651. The highest BCUT2D eigenvalue weighted by Gasteiger charge is 2.13. The summed E-state index contributed by atoms with van der Waals surface area (Å²) in [6.07, 6.45) is 0. The second-order valence-corrected chi connectivity index (χ2v) is 7.04. The summed E-state index contributed by atoms with van der Waals surface area (Å²) in [6.45, 7) is 3.55. The lowest BCUT2D eigenvalue weighted by molar-refractivity contribution is -0.119. The Kier molecular flexibility index (Phi) is 5.68. The van der Waals surface area contributed by atoms with Gasteiger partial charge >= 0.3 is 5.97 Å². The molecule has 1 aromatic heterocycles. The van der Waals surface area contributed by atoms with Gasteiger partial charge in [-0.25, -0.2) is 4.79 Å². The number of aromatic amines is 1. The highest BCUT2D eigenvalue weighted by Crippen LogP contribution is 2.22. The third kappa shape index (κ3) is 4.45. The summed E-state index contributed by atoms with van der Waals surface area (Å²) in [5.74, 6) is -1.14. The molecule has 0 radical (unpaired) electrons. The van der Waals surface area contributed by atoms with Gasteiger partial charge in [-0.05, 0) is 61.9 Å². The van der Waals surface area contributed by atoms with Crippen LogP contribution in [0, 0.1) is 13.8 Å². The van der Waals surface area contributed by atoms with Crippen molar-refractivity contribution in [1.29, 1.82) is 0 Å². The lowest BCUT2D eigenvalue weighted by atomic mass is 10.1. The van der Waals surface area contributed by atoms with E-state index in [-0.39, 0.29) is 5.91 Å². The van der Waals surface area contributed by atoms with E-state index in [0.717, 1.165) is 22.2 Å². The van der Waals surface area contributed by atoms with Gasteiger partial charge in [0.15, 0.2) is 6.61 Å². The third-order valence-corrected chi connectivity index (χ3v) is 4.70. The molecule has 0 aliphatic carbocycles. The SMILES string of the molecule is Cc1[nH]c2ccc(C(=O)OCC(=O)Nc3ccc(C(=O)N(C)C)cc3)cc2c1C. The van der Waals surface area contributed by atoms with E-state index >= 15 is 0 Å². The van der Waals surface area contributed by atoms with Crippen molar-refractivity contribution in [1.82, 2.24) is 9.88 Å². The van der Waals surface area contributed by atoms with Gasteiger partial charge in [0.25, 0.3) is 11.8 Å². The number of H-pyrrole nitrogens is 1. The van der Waals surface area contributed by atoms with Gasteiger partial charge in [0.1, 0.15) is 0 Å². The predicted octanol–water partition coefficient (Wildman–Crippen LogP) is 3.28. The van der Waals surface area contributed by atoms with Crippen LogP contribution in [0.15, 0.2) is 42.5 Å². The number of nitrogens with zero attached hydrogens (tertiary/aromatic N) is 1. The molecule has 7 heteroatoms. The third-order valence-electron chi connectivity index (χ3n) is 4.70. The fourth-order valence-corrected chi connectivity index (χ4v) is 2.95. The molecule has 29 heavy (non-hydrogen) atoms. The van der Waals surface area contributed by atoms with E-state index in [1.54, 1.807) is 50.5 Å². The summed E-state index contributed by atoms with van der Waals surface area (Å²) in [4.78, 5) is 41.0. The first-order valence-corrected chi connectivity index (χ1v) is 9.14. The van der Waals surface area contributed by atoms with Crippen LogP contribution in [-0.4, -0.2) is 48.4 Å². The van der Waals surface area contributed by atoms with Crippen LogP contribution in [0.25, 0.3) is 10.9 Å². The number of anilines is 1. The molecule has 0 atom stereocenters. The number of esters is 1. The van der Waals surface area contributed by atoms with E-state index in [1.165, 1.54) is 4.90 Å². The smallest absolute Gasteiger partial charge is 0.338 e. The topological polar surface area (TPSA) is 91.5 Å². The lowest BCUT2D eigenvalue weighted by Crippen LogP contribution is -2.22. The molecule has 0 spiro atoms. The number of aromatic nitrogens is 1. The zero-order chi connectivity index (χ0) is 21.1. The fraction of sp³-hybridized carbons (Fsp3) is 0.227. The van der Waals surface area contributed by atoms with Crippen molar-refractivity contribution >= 4 is 34.4 Å². The van der Waals surface area contributed by atoms with Crippen LogP contribution >= 0.6 is 0 Å². The first-order valence-electron chi connectivity index (χ1n) is 9.14. The molecule has 150 valence electrons. The summed E-state index contributed by atoms with van der Waals surface area (Å²) in [5.41, 5.74) is 4.49. The van der Waals surface area contributed by atoms with Gasteiger partial charge < -0.3 is 19.9 Å². The van der Waals surface area contributed by atoms with Crippen molar-refractivity contribution in [2.75, 3.05) is 26.0 Å². The zero-order valence-electron chi connectivity index (χ0n) is 16.8. The Morgan fingerprint density at radius 2 is 1.66 bits per heavy atom. The Hall–Kier alpha value is -3.61. The van der Waals surface area contributed by atoms with Crippen LogP contribution in [0.1, 0.15) is 32.0 Å². The number of ether oxygens (including phenoxy) is 1. The molecule has 0 fully saturated rings. The molecule has 7 nitrogen and oxygen atoms in total. The van der Waals surface area contributed by atoms with E-state index in [9.17, 15) is 14.4 Å². The molecule has 3 aromatic rings. The molecule has 2 aromatic carbocycles. The van der Waals surface area contributed by atoms with Crippen LogP contribution in [0.4, 0.5) is 5.69 Å². The normalized spacial score (nSPS) is 10.6. The number of rotatable bonds is 5. The molecule has 2 N–H and O–H groups in total. The summed E-state index contributed by atoms with van der Waals surface area (Å²) in [6, 6.07) is 11.7. The number of nitrogens with one attached hydrogen (secondary N) is 2. The van der Waals surface area contributed by atoms with Crippen molar-refractivity contribution in [3.63, 3.8) is 0 Å². The molecule has 3 rings (SSSR count). The van der Waals surface area contributed by atoms with E-state index in [1.807, 2.05) is 19.9 Å². The predicted molar refractivity (Wildman–Crippen MR) is 111 cm³/mol. The molecule has 0 saturated carbocycles. The maximum Gasteiger partial charge on any atom is 0.338 e. The van der Waals surface area contributed by atoms with Crippen molar-refractivity contribution in [3.8, 4) is 0 Å². The number of fused-ring (bicyclic) bond motifs is 1. The number of aryl methyl sites for hydroxylation is 2. The summed E-state index contributed by atoms with van der Waals surface area (Å²) in [5, 5.41) is 3.59. The second kappa shape index (κ2) is 8.18. The Morgan fingerprint density at radius 1 is 1.00 bits per heavy atom.